The fourth-order valence-corrected chi connectivity index (χ4v) is 5.13. The van der Waals surface area contributed by atoms with Gasteiger partial charge in [0, 0.05) is 6.54 Å². The van der Waals surface area contributed by atoms with E-state index >= 15 is 0 Å². The van der Waals surface area contributed by atoms with E-state index in [1.54, 1.807) is 18.1 Å². The van der Waals surface area contributed by atoms with Crippen LogP contribution in [0.4, 0.5) is 4.79 Å². The molecule has 0 aliphatic carbocycles. The highest BCUT2D eigenvalue weighted by Crippen LogP contribution is 2.36. The molecule has 1 fully saturated rings. The number of likely N-dealkylation sites (tertiary alicyclic amines) is 1. The van der Waals surface area contributed by atoms with E-state index in [1.165, 1.54) is 11.3 Å². The van der Waals surface area contributed by atoms with E-state index in [9.17, 15) is 9.59 Å². The molecule has 0 radical (unpaired) electrons. The molecule has 33 heavy (non-hydrogen) atoms. The highest BCUT2D eigenvalue weighted by Gasteiger charge is 2.34. The Morgan fingerprint density at radius 1 is 1.18 bits per heavy atom. The number of nitrogens with zero attached hydrogens (tertiary/aromatic N) is 3. The zero-order chi connectivity index (χ0) is 22.9. The smallest absolute Gasteiger partial charge is 0.415 e. The molecule has 0 unspecified atom stereocenters. The Labute approximate surface area is 193 Å². The van der Waals surface area contributed by atoms with Crippen molar-refractivity contribution >= 4 is 27.8 Å². The second kappa shape index (κ2) is 8.67. The fourth-order valence-electron chi connectivity index (χ4n) is 4.04. The normalized spacial score (nSPS) is 15.7. The summed E-state index contributed by atoms with van der Waals surface area (Å²) in [5.41, 5.74) is 1.65. The van der Waals surface area contributed by atoms with Gasteiger partial charge in [-0.05, 0) is 49.6 Å². The monoisotopic (exact) mass is 462 g/mol. The van der Waals surface area contributed by atoms with Crippen molar-refractivity contribution in [2.45, 2.75) is 25.8 Å². The van der Waals surface area contributed by atoms with Crippen molar-refractivity contribution < 1.29 is 14.3 Å². The Morgan fingerprint density at radius 3 is 2.85 bits per heavy atom. The maximum absolute atomic E-state index is 12.9. The molecule has 0 spiro atoms. The lowest BCUT2D eigenvalue weighted by molar-refractivity contribution is 0.147. The number of hydrogen-bond acceptors (Lipinski definition) is 7. The van der Waals surface area contributed by atoms with Crippen LogP contribution < -0.4 is 15.0 Å². The highest BCUT2D eigenvalue weighted by molar-refractivity contribution is 7.18. The number of nitrogens with one attached hydrogen (secondary N) is 1. The van der Waals surface area contributed by atoms with Crippen LogP contribution in [0.25, 0.3) is 21.7 Å². The van der Waals surface area contributed by atoms with Gasteiger partial charge < -0.3 is 14.5 Å². The molecular formula is C24H22N4O4S. The number of carbonyl (C=O) groups excluding carboxylic acids is 1. The molecule has 1 N–H and O–H groups in total. The van der Waals surface area contributed by atoms with Gasteiger partial charge in [0.1, 0.15) is 22.3 Å². The van der Waals surface area contributed by atoms with E-state index in [-0.39, 0.29) is 17.1 Å². The third kappa shape index (κ3) is 4.07. The van der Waals surface area contributed by atoms with Gasteiger partial charge >= 0.3 is 6.09 Å². The SMILES string of the molecule is COc1ccccc1-c1nc2sc([C@H]3CCCN3C(=O)Oc3cccc(C)c3)nc2c(=O)[nH]1. The summed E-state index contributed by atoms with van der Waals surface area (Å²) in [5.74, 6) is 1.54. The first kappa shape index (κ1) is 21.1. The molecule has 2 aromatic heterocycles. The number of rotatable bonds is 4. The number of carbonyl (C=O) groups is 1. The van der Waals surface area contributed by atoms with Gasteiger partial charge in [0.15, 0.2) is 10.3 Å². The number of para-hydroxylation sites is 1. The van der Waals surface area contributed by atoms with Crippen molar-refractivity contribution in [2.75, 3.05) is 13.7 Å². The topological polar surface area (TPSA) is 97.4 Å². The van der Waals surface area contributed by atoms with Crippen LogP contribution in [0.2, 0.25) is 0 Å². The number of thiazole rings is 1. The van der Waals surface area contributed by atoms with Crippen molar-refractivity contribution in [3.05, 3.63) is 69.5 Å². The zero-order valence-corrected chi connectivity index (χ0v) is 19.0. The maximum Gasteiger partial charge on any atom is 0.415 e. The third-order valence-electron chi connectivity index (χ3n) is 5.62. The Kier molecular flexibility index (Phi) is 5.55. The van der Waals surface area contributed by atoms with Crippen LogP contribution in [0.5, 0.6) is 11.5 Å². The fraction of sp³-hybridized carbons (Fsp3) is 0.250. The van der Waals surface area contributed by atoms with Gasteiger partial charge in [0.2, 0.25) is 0 Å². The molecule has 1 atom stereocenters. The third-order valence-corrected chi connectivity index (χ3v) is 6.67. The van der Waals surface area contributed by atoms with Gasteiger partial charge in [-0.3, -0.25) is 9.69 Å². The second-order valence-electron chi connectivity index (χ2n) is 7.86. The summed E-state index contributed by atoms with van der Waals surface area (Å²) in [7, 11) is 1.57. The van der Waals surface area contributed by atoms with Gasteiger partial charge in [-0.15, -0.1) is 0 Å². The predicted octanol–water partition coefficient (Wildman–Crippen LogP) is 4.70. The summed E-state index contributed by atoms with van der Waals surface area (Å²) in [6.07, 6.45) is 1.17. The van der Waals surface area contributed by atoms with Crippen LogP contribution >= 0.6 is 11.3 Å². The second-order valence-corrected chi connectivity index (χ2v) is 8.87. The molecule has 1 amide bonds. The van der Waals surface area contributed by atoms with Gasteiger partial charge in [0.25, 0.3) is 5.56 Å². The molecule has 8 nitrogen and oxygen atoms in total. The van der Waals surface area contributed by atoms with E-state index in [4.69, 9.17) is 9.47 Å². The molecule has 5 rings (SSSR count). The number of aromatic nitrogens is 3. The summed E-state index contributed by atoms with van der Waals surface area (Å²) in [6, 6.07) is 14.5. The van der Waals surface area contributed by atoms with Gasteiger partial charge in [-0.25, -0.2) is 14.8 Å². The molecular weight excluding hydrogens is 440 g/mol. The minimum absolute atomic E-state index is 0.254. The lowest BCUT2D eigenvalue weighted by Crippen LogP contribution is -2.33. The van der Waals surface area contributed by atoms with Crippen molar-refractivity contribution in [1.29, 1.82) is 0 Å². The number of amides is 1. The average Bonchev–Trinajstić information content (AvgIpc) is 3.46. The van der Waals surface area contributed by atoms with Crippen LogP contribution in [0.15, 0.2) is 53.3 Å². The Morgan fingerprint density at radius 2 is 2.03 bits per heavy atom. The first-order chi connectivity index (χ1) is 16.0. The van der Waals surface area contributed by atoms with Crippen LogP contribution in [0, 0.1) is 6.92 Å². The molecule has 168 valence electrons. The molecule has 1 saturated heterocycles. The van der Waals surface area contributed by atoms with E-state index in [0.717, 1.165) is 18.4 Å². The Balaban J connectivity index is 1.46. The lowest BCUT2D eigenvalue weighted by atomic mass is 10.2. The quantitative estimate of drug-likeness (QED) is 0.472. The molecule has 1 aliphatic heterocycles. The minimum Gasteiger partial charge on any atom is -0.496 e. The largest absolute Gasteiger partial charge is 0.496 e. The van der Waals surface area contributed by atoms with Crippen LogP contribution in [-0.2, 0) is 0 Å². The summed E-state index contributed by atoms with van der Waals surface area (Å²) in [6.45, 7) is 2.52. The summed E-state index contributed by atoms with van der Waals surface area (Å²) in [4.78, 5) is 39.9. The Bertz CT molecular complexity index is 1400. The Hall–Kier alpha value is -3.72. The first-order valence-electron chi connectivity index (χ1n) is 10.6. The number of methoxy groups -OCH3 is 1. The summed E-state index contributed by atoms with van der Waals surface area (Å²) >= 11 is 1.33. The number of benzene rings is 2. The molecule has 4 aromatic rings. The summed E-state index contributed by atoms with van der Waals surface area (Å²) < 4.78 is 11.0. The lowest BCUT2D eigenvalue weighted by Gasteiger charge is -2.22. The standard InChI is InChI=1S/C24H22N4O4S/c1-14-7-5-8-15(13-14)32-24(30)28-12-6-10-17(28)22-25-19-21(29)26-20(27-23(19)33-22)16-9-3-4-11-18(16)31-2/h3-5,7-9,11,13,17H,6,10,12H2,1-2H3,(H,26,27,29)/t17-/m1/s1. The average molecular weight is 463 g/mol. The van der Waals surface area contributed by atoms with E-state index in [1.807, 2.05) is 49.4 Å². The zero-order valence-electron chi connectivity index (χ0n) is 18.2. The first-order valence-corrected chi connectivity index (χ1v) is 11.4. The maximum atomic E-state index is 12.9. The summed E-state index contributed by atoms with van der Waals surface area (Å²) in [5, 5.41) is 0.680. The van der Waals surface area contributed by atoms with Crippen molar-refractivity contribution in [3.8, 4) is 22.9 Å². The number of aromatic amines is 1. The predicted molar refractivity (Wildman–Crippen MR) is 126 cm³/mol. The van der Waals surface area contributed by atoms with Crippen LogP contribution in [0.3, 0.4) is 0 Å². The molecule has 2 aromatic carbocycles. The van der Waals surface area contributed by atoms with Gasteiger partial charge in [-0.1, -0.05) is 35.6 Å². The number of hydrogen-bond donors (Lipinski definition) is 1. The van der Waals surface area contributed by atoms with Crippen molar-refractivity contribution in [3.63, 3.8) is 0 Å². The molecule has 3 heterocycles. The number of H-pyrrole nitrogens is 1. The number of fused-ring (bicyclic) bond motifs is 1. The molecule has 0 saturated carbocycles. The van der Waals surface area contributed by atoms with E-state index < -0.39 is 6.09 Å². The van der Waals surface area contributed by atoms with Crippen molar-refractivity contribution in [1.82, 2.24) is 19.9 Å². The molecule has 1 aliphatic rings. The van der Waals surface area contributed by atoms with Crippen LogP contribution in [0.1, 0.15) is 29.5 Å². The number of ether oxygens (including phenoxy) is 2. The highest BCUT2D eigenvalue weighted by atomic mass is 32.1. The van der Waals surface area contributed by atoms with Crippen LogP contribution in [-0.4, -0.2) is 39.6 Å². The minimum atomic E-state index is -0.418. The van der Waals surface area contributed by atoms with Gasteiger partial charge in [-0.2, -0.15) is 0 Å². The molecule has 0 bridgehead atoms. The number of aryl methyl sites for hydroxylation is 1. The molecule has 9 heteroatoms. The van der Waals surface area contributed by atoms with Crippen molar-refractivity contribution in [2.24, 2.45) is 0 Å². The van der Waals surface area contributed by atoms with Gasteiger partial charge in [0.05, 0.1) is 18.7 Å². The van der Waals surface area contributed by atoms with E-state index in [2.05, 4.69) is 15.0 Å². The van der Waals surface area contributed by atoms with E-state index in [0.29, 0.717) is 39.3 Å².